The molecule has 0 aromatic rings. The maximum absolute atomic E-state index is 2.12. The van der Waals surface area contributed by atoms with E-state index in [1.54, 1.807) is 0 Å². The standard InChI is InChI=1S/C40H52/c1-33(2)19-13-23-37(7)27-17-31-39(9)29-15-25-35(5)21-11-12-22-36(6)26-16-30-40(10)32-18-28-38(8)24-14-20-34(3)4/h11-32H,1-10H3. The van der Waals surface area contributed by atoms with E-state index in [-0.39, 0.29) is 0 Å². The van der Waals surface area contributed by atoms with Crippen molar-refractivity contribution in [1.82, 2.24) is 0 Å². The van der Waals surface area contributed by atoms with Crippen molar-refractivity contribution in [3.8, 4) is 0 Å². The predicted molar refractivity (Wildman–Crippen MR) is 185 cm³/mol. The van der Waals surface area contributed by atoms with E-state index in [0.29, 0.717) is 0 Å². The van der Waals surface area contributed by atoms with Crippen molar-refractivity contribution >= 4 is 0 Å². The van der Waals surface area contributed by atoms with Gasteiger partial charge in [0.2, 0.25) is 0 Å². The maximum Gasteiger partial charge on any atom is -0.0398 e. The number of allylic oxidation sites excluding steroid dienone is 30. The van der Waals surface area contributed by atoms with Crippen LogP contribution >= 0.6 is 0 Å². The zero-order valence-electron chi connectivity index (χ0n) is 26.7. The van der Waals surface area contributed by atoms with E-state index in [9.17, 15) is 0 Å². The molecule has 0 radical (unpaired) electrons. The molecule has 0 saturated heterocycles. The fourth-order valence-electron chi connectivity index (χ4n) is 2.94. The van der Waals surface area contributed by atoms with Gasteiger partial charge in [-0.2, -0.15) is 0 Å². The Morgan fingerprint density at radius 2 is 0.400 bits per heavy atom. The molecule has 0 rings (SSSR count). The maximum atomic E-state index is 2.12. The van der Waals surface area contributed by atoms with Gasteiger partial charge in [-0.15, -0.1) is 0 Å². The van der Waals surface area contributed by atoms with E-state index in [2.05, 4.69) is 203 Å². The zero-order chi connectivity index (χ0) is 30.2. The average molecular weight is 533 g/mol. The molecule has 0 heterocycles. The quantitative estimate of drug-likeness (QED) is 0.195. The van der Waals surface area contributed by atoms with Crippen LogP contribution in [0.25, 0.3) is 0 Å². The summed E-state index contributed by atoms with van der Waals surface area (Å²) >= 11 is 0. The van der Waals surface area contributed by atoms with Gasteiger partial charge >= 0.3 is 0 Å². The highest BCUT2D eigenvalue weighted by molar-refractivity contribution is 5.34. The zero-order valence-corrected chi connectivity index (χ0v) is 26.7. The first-order chi connectivity index (χ1) is 19.0. The first-order valence-electron chi connectivity index (χ1n) is 14.0. The number of rotatable bonds is 14. The Morgan fingerprint density at radius 3 is 0.600 bits per heavy atom. The lowest BCUT2D eigenvalue weighted by molar-refractivity contribution is 1.39. The molecule has 0 bridgehead atoms. The largest absolute Gasteiger partial charge is 0.0764 e. The van der Waals surface area contributed by atoms with Crippen molar-refractivity contribution in [2.45, 2.75) is 69.2 Å². The molecule has 0 saturated carbocycles. The van der Waals surface area contributed by atoms with Gasteiger partial charge in [-0.05, 0) is 69.2 Å². The molecule has 0 amide bonds. The van der Waals surface area contributed by atoms with Crippen molar-refractivity contribution in [2.75, 3.05) is 0 Å². The van der Waals surface area contributed by atoms with Crippen molar-refractivity contribution in [3.05, 3.63) is 178 Å². The van der Waals surface area contributed by atoms with Crippen LogP contribution < -0.4 is 0 Å². The Balaban J connectivity index is 4.81. The van der Waals surface area contributed by atoms with E-state index < -0.39 is 0 Å². The summed E-state index contributed by atoms with van der Waals surface area (Å²) in [6.07, 6.45) is 46.4. The van der Waals surface area contributed by atoms with Crippen LogP contribution in [0.1, 0.15) is 69.2 Å². The highest BCUT2D eigenvalue weighted by Crippen LogP contribution is 2.04. The lowest BCUT2D eigenvalue weighted by atomic mass is 10.2. The molecular weight excluding hydrogens is 480 g/mol. The van der Waals surface area contributed by atoms with E-state index in [0.717, 1.165) is 0 Å². The van der Waals surface area contributed by atoms with Crippen molar-refractivity contribution in [2.24, 2.45) is 0 Å². The van der Waals surface area contributed by atoms with Gasteiger partial charge in [0.25, 0.3) is 0 Å². The molecule has 0 unspecified atom stereocenters. The minimum absolute atomic E-state index is 1.20. The van der Waals surface area contributed by atoms with Gasteiger partial charge in [-0.25, -0.2) is 0 Å². The minimum Gasteiger partial charge on any atom is -0.0764 e. The molecule has 0 aromatic carbocycles. The first-order valence-corrected chi connectivity index (χ1v) is 14.0. The molecule has 0 nitrogen and oxygen atoms in total. The van der Waals surface area contributed by atoms with Crippen LogP contribution in [0.2, 0.25) is 0 Å². The summed E-state index contributed by atoms with van der Waals surface area (Å²) < 4.78 is 0. The summed E-state index contributed by atoms with van der Waals surface area (Å²) in [5.74, 6) is 0. The SMILES string of the molecule is CC(C)=CC=CC(C)=CC=CC(C)=CC=CC(C)=CC=CC=C(C)C=CC=C(C)C=CC=C(C)C=CC=C(C)C. The molecule has 40 heavy (non-hydrogen) atoms. The van der Waals surface area contributed by atoms with Crippen LogP contribution in [0.4, 0.5) is 0 Å². The molecular formula is C40H52. The number of hydrogen-bond acceptors (Lipinski definition) is 0. The van der Waals surface area contributed by atoms with Gasteiger partial charge < -0.3 is 0 Å². The normalized spacial score (nSPS) is 15.4. The van der Waals surface area contributed by atoms with Crippen LogP contribution in [0, 0.1) is 0 Å². The highest BCUT2D eigenvalue weighted by atomic mass is 13.9. The molecule has 0 spiro atoms. The van der Waals surface area contributed by atoms with E-state index in [1.165, 1.54) is 44.6 Å². The first kappa shape index (κ1) is 36.1. The second-order valence-corrected chi connectivity index (χ2v) is 10.5. The molecule has 0 aliphatic carbocycles. The second kappa shape index (κ2) is 23.0. The van der Waals surface area contributed by atoms with E-state index in [1.807, 2.05) is 0 Å². The summed E-state index contributed by atoms with van der Waals surface area (Å²) in [6.45, 7) is 21.1. The van der Waals surface area contributed by atoms with Gasteiger partial charge in [0.1, 0.15) is 0 Å². The van der Waals surface area contributed by atoms with Gasteiger partial charge in [0.05, 0.1) is 0 Å². The lowest BCUT2D eigenvalue weighted by Crippen LogP contribution is -1.70. The molecule has 0 N–H and O–H groups in total. The number of hydrogen-bond donors (Lipinski definition) is 0. The molecule has 212 valence electrons. The third kappa shape index (κ3) is 24.4. The van der Waals surface area contributed by atoms with Crippen LogP contribution in [0.3, 0.4) is 0 Å². The third-order valence-electron chi connectivity index (χ3n) is 5.28. The van der Waals surface area contributed by atoms with Crippen LogP contribution in [-0.2, 0) is 0 Å². The highest BCUT2D eigenvalue weighted by Gasteiger charge is 1.83. The smallest absolute Gasteiger partial charge is 0.0398 e. The molecule has 0 atom stereocenters. The molecule has 0 aliphatic heterocycles. The lowest BCUT2D eigenvalue weighted by Gasteiger charge is -1.91. The Morgan fingerprint density at radius 1 is 0.225 bits per heavy atom. The molecule has 0 aliphatic rings. The average Bonchev–Trinajstić information content (AvgIpc) is 2.86. The van der Waals surface area contributed by atoms with Crippen molar-refractivity contribution < 1.29 is 0 Å². The van der Waals surface area contributed by atoms with E-state index >= 15 is 0 Å². The Bertz CT molecular complexity index is 1130. The fourth-order valence-corrected chi connectivity index (χ4v) is 2.94. The van der Waals surface area contributed by atoms with Gasteiger partial charge in [-0.3, -0.25) is 0 Å². The monoisotopic (exact) mass is 532 g/mol. The summed E-state index contributed by atoms with van der Waals surface area (Å²) in [5.41, 5.74) is 9.88. The fraction of sp³-hybridized carbons (Fsp3) is 0.250. The Kier molecular flexibility index (Phi) is 20.8. The predicted octanol–water partition coefficient (Wildman–Crippen LogP) is 12.5. The van der Waals surface area contributed by atoms with Gasteiger partial charge in [0.15, 0.2) is 0 Å². The van der Waals surface area contributed by atoms with Gasteiger partial charge in [0, 0.05) is 0 Å². The minimum atomic E-state index is 1.20. The third-order valence-corrected chi connectivity index (χ3v) is 5.28. The molecule has 0 aromatic heterocycles. The summed E-state index contributed by atoms with van der Waals surface area (Å²) in [4.78, 5) is 0. The molecule has 0 heteroatoms. The summed E-state index contributed by atoms with van der Waals surface area (Å²) in [6, 6.07) is 0. The second-order valence-electron chi connectivity index (χ2n) is 10.5. The van der Waals surface area contributed by atoms with Crippen molar-refractivity contribution in [3.63, 3.8) is 0 Å². The van der Waals surface area contributed by atoms with Crippen molar-refractivity contribution in [1.29, 1.82) is 0 Å². The Hall–Kier alpha value is -3.90. The summed E-state index contributed by atoms with van der Waals surface area (Å²) in [5, 5.41) is 0. The van der Waals surface area contributed by atoms with Crippen LogP contribution in [0.5, 0.6) is 0 Å². The topological polar surface area (TPSA) is 0 Å². The van der Waals surface area contributed by atoms with Crippen LogP contribution in [-0.4, -0.2) is 0 Å². The van der Waals surface area contributed by atoms with Crippen LogP contribution in [0.15, 0.2) is 178 Å². The summed E-state index contributed by atoms with van der Waals surface area (Å²) in [7, 11) is 0. The van der Waals surface area contributed by atoms with E-state index in [4.69, 9.17) is 0 Å². The van der Waals surface area contributed by atoms with Gasteiger partial charge in [-0.1, -0.05) is 178 Å². The molecule has 0 fully saturated rings. The Labute approximate surface area is 247 Å².